The highest BCUT2D eigenvalue weighted by molar-refractivity contribution is 9.10. The maximum Gasteiger partial charge on any atom is 0.193 e. The van der Waals surface area contributed by atoms with Crippen LogP contribution in [0.15, 0.2) is 27.7 Å². The lowest BCUT2D eigenvalue weighted by molar-refractivity contribution is 0.582. The summed E-state index contributed by atoms with van der Waals surface area (Å²) in [4.78, 5) is 4.18. The molecule has 16 heavy (non-hydrogen) atoms. The number of benzene rings is 1. The van der Waals surface area contributed by atoms with Gasteiger partial charge in [0, 0.05) is 4.47 Å². The number of nitrogens with zero attached hydrogens (tertiary/aromatic N) is 1. The Bertz CT molecular complexity index is 390. The average molecular weight is 288 g/mol. The molecule has 1 rings (SSSR count). The van der Waals surface area contributed by atoms with Crippen molar-refractivity contribution in [3.05, 3.63) is 28.5 Å². The number of halogens is 2. The van der Waals surface area contributed by atoms with E-state index in [1.165, 1.54) is 6.07 Å². The van der Waals surface area contributed by atoms with E-state index < -0.39 is 0 Å². The van der Waals surface area contributed by atoms with Crippen molar-refractivity contribution in [2.75, 3.05) is 5.32 Å². The zero-order valence-corrected chi connectivity index (χ0v) is 11.1. The van der Waals surface area contributed by atoms with Crippen LogP contribution in [-0.2, 0) is 0 Å². The molecule has 0 aliphatic rings. The van der Waals surface area contributed by atoms with E-state index in [4.69, 9.17) is 5.73 Å². The quantitative estimate of drug-likeness (QED) is 0.616. The second-order valence-corrected chi connectivity index (χ2v) is 5.24. The maximum absolute atomic E-state index is 13.4. The molecule has 3 nitrogen and oxygen atoms in total. The monoisotopic (exact) mass is 287 g/mol. The van der Waals surface area contributed by atoms with Crippen LogP contribution in [0.5, 0.6) is 0 Å². The predicted octanol–water partition coefficient (Wildman–Crippen LogP) is 3.11. The number of aliphatic imine (C=N–C) groups is 1. The number of anilines is 1. The summed E-state index contributed by atoms with van der Waals surface area (Å²) < 4.78 is 14.1. The normalized spacial score (nSPS) is 12.7. The Labute approximate surface area is 103 Å². The van der Waals surface area contributed by atoms with Gasteiger partial charge in [0.1, 0.15) is 5.82 Å². The largest absolute Gasteiger partial charge is 0.370 e. The van der Waals surface area contributed by atoms with E-state index in [1.807, 2.05) is 20.8 Å². The van der Waals surface area contributed by atoms with E-state index in [0.29, 0.717) is 10.2 Å². The molecule has 0 atom stereocenters. The summed E-state index contributed by atoms with van der Waals surface area (Å²) in [6.07, 6.45) is 0. The van der Waals surface area contributed by atoms with Crippen LogP contribution in [0.25, 0.3) is 0 Å². The van der Waals surface area contributed by atoms with Gasteiger partial charge in [-0.15, -0.1) is 0 Å². The molecule has 1 aromatic carbocycles. The molecule has 0 heterocycles. The molecule has 0 saturated heterocycles. The minimum Gasteiger partial charge on any atom is -0.370 e. The standard InChI is InChI=1S/C11H15BrFN3/c1-11(2,3)16-10(14)15-9-7(12)5-4-6-8(9)13/h4-6H,1-3H3,(H3,14,15,16). The van der Waals surface area contributed by atoms with Crippen molar-refractivity contribution in [2.24, 2.45) is 10.7 Å². The fraction of sp³-hybridized carbons (Fsp3) is 0.364. The Kier molecular flexibility index (Phi) is 3.91. The van der Waals surface area contributed by atoms with Crippen LogP contribution in [0.3, 0.4) is 0 Å². The van der Waals surface area contributed by atoms with Crippen LogP contribution in [0, 0.1) is 5.82 Å². The van der Waals surface area contributed by atoms with Crippen molar-refractivity contribution in [2.45, 2.75) is 26.3 Å². The number of rotatable bonds is 1. The summed E-state index contributed by atoms with van der Waals surface area (Å²) in [6, 6.07) is 4.70. The average Bonchev–Trinajstić information content (AvgIpc) is 2.08. The highest BCUT2D eigenvalue weighted by atomic mass is 79.9. The highest BCUT2D eigenvalue weighted by Crippen LogP contribution is 2.24. The molecule has 0 aliphatic carbocycles. The summed E-state index contributed by atoms with van der Waals surface area (Å²) in [6.45, 7) is 5.74. The van der Waals surface area contributed by atoms with E-state index in [1.54, 1.807) is 12.1 Å². The molecule has 0 saturated carbocycles. The molecule has 0 fully saturated rings. The molecule has 5 heteroatoms. The predicted molar refractivity (Wildman–Crippen MR) is 69.1 cm³/mol. The Morgan fingerprint density at radius 2 is 2.06 bits per heavy atom. The smallest absolute Gasteiger partial charge is 0.193 e. The van der Waals surface area contributed by atoms with Crippen LogP contribution in [0.2, 0.25) is 0 Å². The number of guanidine groups is 1. The van der Waals surface area contributed by atoms with Gasteiger partial charge in [0.2, 0.25) is 0 Å². The van der Waals surface area contributed by atoms with Crippen LogP contribution in [0.4, 0.5) is 10.1 Å². The van der Waals surface area contributed by atoms with Crippen LogP contribution in [0.1, 0.15) is 20.8 Å². The van der Waals surface area contributed by atoms with Gasteiger partial charge < -0.3 is 11.1 Å². The summed E-state index contributed by atoms with van der Waals surface area (Å²) in [7, 11) is 0. The van der Waals surface area contributed by atoms with Gasteiger partial charge in [-0.2, -0.15) is 0 Å². The van der Waals surface area contributed by atoms with Gasteiger partial charge in [-0.25, -0.2) is 9.38 Å². The van der Waals surface area contributed by atoms with Crippen molar-refractivity contribution in [3.63, 3.8) is 0 Å². The molecular formula is C11H15BrFN3. The second-order valence-electron chi connectivity index (χ2n) is 4.39. The highest BCUT2D eigenvalue weighted by Gasteiger charge is 2.11. The van der Waals surface area contributed by atoms with Crippen LogP contribution >= 0.6 is 15.9 Å². The topological polar surface area (TPSA) is 50.4 Å². The maximum atomic E-state index is 13.4. The number of para-hydroxylation sites is 1. The summed E-state index contributed by atoms with van der Waals surface area (Å²) in [5, 5.41) is 2.74. The van der Waals surface area contributed by atoms with E-state index in [-0.39, 0.29) is 17.3 Å². The number of hydrogen-bond acceptors (Lipinski definition) is 1. The molecule has 0 bridgehead atoms. The van der Waals surface area contributed by atoms with Gasteiger partial charge in [0.15, 0.2) is 5.96 Å². The summed E-state index contributed by atoms with van der Waals surface area (Å²) >= 11 is 3.24. The third-order valence-electron chi connectivity index (χ3n) is 1.67. The zero-order chi connectivity index (χ0) is 12.3. The molecule has 0 unspecified atom stereocenters. The van der Waals surface area contributed by atoms with Crippen molar-refractivity contribution >= 4 is 27.6 Å². The Hall–Kier alpha value is -1.10. The van der Waals surface area contributed by atoms with Crippen LogP contribution in [-0.4, -0.2) is 11.5 Å². The van der Waals surface area contributed by atoms with E-state index in [2.05, 4.69) is 26.2 Å². The zero-order valence-electron chi connectivity index (χ0n) is 9.51. The minimum absolute atomic E-state index is 0.193. The third kappa shape index (κ3) is 3.81. The van der Waals surface area contributed by atoms with Gasteiger partial charge in [0.05, 0.1) is 11.2 Å². The molecule has 3 N–H and O–H groups in total. The molecule has 0 radical (unpaired) electrons. The fourth-order valence-corrected chi connectivity index (χ4v) is 1.58. The Morgan fingerprint density at radius 1 is 1.44 bits per heavy atom. The van der Waals surface area contributed by atoms with Crippen molar-refractivity contribution in [3.8, 4) is 0 Å². The Balaban J connectivity index is 2.93. The SMILES string of the molecule is CC(C)(C)N=C(N)Nc1c(F)cccc1Br. The van der Waals surface area contributed by atoms with Crippen LogP contribution < -0.4 is 11.1 Å². The van der Waals surface area contributed by atoms with Gasteiger partial charge in [-0.05, 0) is 48.8 Å². The molecule has 1 aromatic rings. The van der Waals surface area contributed by atoms with E-state index >= 15 is 0 Å². The first-order valence-electron chi connectivity index (χ1n) is 4.86. The van der Waals surface area contributed by atoms with Crippen molar-refractivity contribution < 1.29 is 4.39 Å². The number of hydrogen-bond donors (Lipinski definition) is 2. The first-order valence-corrected chi connectivity index (χ1v) is 5.65. The first-order chi connectivity index (χ1) is 7.29. The lowest BCUT2D eigenvalue weighted by Crippen LogP contribution is -2.28. The fourth-order valence-electron chi connectivity index (χ4n) is 1.13. The van der Waals surface area contributed by atoms with Gasteiger partial charge >= 0.3 is 0 Å². The molecule has 0 aromatic heterocycles. The lowest BCUT2D eigenvalue weighted by Gasteiger charge is -2.15. The molecular weight excluding hydrogens is 273 g/mol. The summed E-state index contributed by atoms with van der Waals surface area (Å²) in [5.41, 5.74) is 5.68. The molecule has 0 spiro atoms. The van der Waals surface area contributed by atoms with Crippen molar-refractivity contribution in [1.29, 1.82) is 0 Å². The molecule has 0 amide bonds. The molecule has 88 valence electrons. The minimum atomic E-state index is -0.374. The summed E-state index contributed by atoms with van der Waals surface area (Å²) in [5.74, 6) is -0.181. The van der Waals surface area contributed by atoms with Gasteiger partial charge in [-0.3, -0.25) is 0 Å². The van der Waals surface area contributed by atoms with E-state index in [0.717, 1.165) is 0 Å². The molecule has 0 aliphatic heterocycles. The first kappa shape index (κ1) is 13.0. The van der Waals surface area contributed by atoms with Gasteiger partial charge in [-0.1, -0.05) is 6.07 Å². The van der Waals surface area contributed by atoms with E-state index in [9.17, 15) is 4.39 Å². The van der Waals surface area contributed by atoms with Gasteiger partial charge in [0.25, 0.3) is 0 Å². The number of nitrogens with two attached hydrogens (primary N) is 1. The number of nitrogens with one attached hydrogen (secondary N) is 1. The van der Waals surface area contributed by atoms with Crippen molar-refractivity contribution in [1.82, 2.24) is 0 Å². The second kappa shape index (κ2) is 4.82. The third-order valence-corrected chi connectivity index (χ3v) is 2.33. The Morgan fingerprint density at radius 3 is 2.56 bits per heavy atom. The lowest BCUT2D eigenvalue weighted by atomic mass is 10.1.